The molecular formula is C8H22N4. The third-order valence-corrected chi connectivity index (χ3v) is 1.65. The first-order valence-electron chi connectivity index (χ1n) is 4.72. The summed E-state index contributed by atoms with van der Waals surface area (Å²) in [4.78, 5) is 0. The maximum absolute atomic E-state index is 5.39. The van der Waals surface area contributed by atoms with E-state index in [0.717, 1.165) is 19.5 Å². The lowest BCUT2D eigenvalue weighted by Gasteiger charge is -2.18. The van der Waals surface area contributed by atoms with Gasteiger partial charge in [0.25, 0.3) is 0 Å². The zero-order valence-corrected chi connectivity index (χ0v) is 7.97. The van der Waals surface area contributed by atoms with Crippen LogP contribution in [0.15, 0.2) is 0 Å². The van der Waals surface area contributed by atoms with Crippen molar-refractivity contribution >= 4 is 0 Å². The van der Waals surface area contributed by atoms with Crippen LogP contribution in [0.25, 0.3) is 0 Å². The summed E-state index contributed by atoms with van der Waals surface area (Å²) >= 11 is 0. The number of nitrogens with one attached hydrogen (secondary N) is 2. The molecule has 0 fully saturated rings. The van der Waals surface area contributed by atoms with Crippen LogP contribution in [0.4, 0.5) is 0 Å². The second-order valence-electron chi connectivity index (χ2n) is 2.83. The second kappa shape index (κ2) is 8.93. The van der Waals surface area contributed by atoms with E-state index in [1.807, 2.05) is 0 Å². The standard InChI is InChI=1S/C8H22N4/c1-2-3-8(11-6-4-9)12-7-5-10/h8,11-12H,2-7,9-10H2,1H3. The summed E-state index contributed by atoms with van der Waals surface area (Å²) < 4.78 is 0. The highest BCUT2D eigenvalue weighted by Gasteiger charge is 2.02. The number of nitrogens with two attached hydrogens (primary N) is 2. The van der Waals surface area contributed by atoms with Crippen molar-refractivity contribution in [1.82, 2.24) is 10.6 Å². The molecule has 0 saturated carbocycles. The lowest BCUT2D eigenvalue weighted by molar-refractivity contribution is 0.406. The van der Waals surface area contributed by atoms with Crippen molar-refractivity contribution in [1.29, 1.82) is 0 Å². The van der Waals surface area contributed by atoms with Gasteiger partial charge >= 0.3 is 0 Å². The van der Waals surface area contributed by atoms with Crippen molar-refractivity contribution in [2.45, 2.75) is 25.9 Å². The number of hydrogen-bond acceptors (Lipinski definition) is 4. The average molecular weight is 174 g/mol. The number of rotatable bonds is 8. The van der Waals surface area contributed by atoms with Gasteiger partial charge in [0.15, 0.2) is 0 Å². The highest BCUT2D eigenvalue weighted by Crippen LogP contribution is 1.91. The van der Waals surface area contributed by atoms with Crippen molar-refractivity contribution in [3.8, 4) is 0 Å². The van der Waals surface area contributed by atoms with E-state index >= 15 is 0 Å². The highest BCUT2D eigenvalue weighted by atomic mass is 15.1. The molecule has 4 heteroatoms. The van der Waals surface area contributed by atoms with Crippen molar-refractivity contribution < 1.29 is 0 Å². The molecule has 6 N–H and O–H groups in total. The molecule has 0 aromatic rings. The van der Waals surface area contributed by atoms with E-state index in [4.69, 9.17) is 11.5 Å². The first kappa shape index (κ1) is 11.8. The molecule has 74 valence electrons. The Balaban J connectivity index is 3.40. The largest absolute Gasteiger partial charge is 0.329 e. The van der Waals surface area contributed by atoms with Gasteiger partial charge in [0.05, 0.1) is 6.17 Å². The lowest BCUT2D eigenvalue weighted by Crippen LogP contribution is -2.45. The summed E-state index contributed by atoms with van der Waals surface area (Å²) in [6.07, 6.45) is 2.67. The van der Waals surface area contributed by atoms with Crippen LogP contribution in [0.3, 0.4) is 0 Å². The summed E-state index contributed by atoms with van der Waals surface area (Å²) in [5.41, 5.74) is 10.8. The van der Waals surface area contributed by atoms with Crippen molar-refractivity contribution in [3.05, 3.63) is 0 Å². The number of hydrogen-bond donors (Lipinski definition) is 4. The Hall–Kier alpha value is -0.160. The predicted molar refractivity (Wildman–Crippen MR) is 52.8 cm³/mol. The minimum atomic E-state index is 0.377. The Morgan fingerprint density at radius 2 is 1.58 bits per heavy atom. The molecule has 0 saturated heterocycles. The molecular weight excluding hydrogens is 152 g/mol. The molecule has 0 aromatic heterocycles. The van der Waals surface area contributed by atoms with Crippen LogP contribution in [0.2, 0.25) is 0 Å². The molecule has 0 aliphatic heterocycles. The van der Waals surface area contributed by atoms with Gasteiger partial charge in [-0.15, -0.1) is 0 Å². The van der Waals surface area contributed by atoms with Gasteiger partial charge in [-0.3, -0.25) is 0 Å². The summed E-state index contributed by atoms with van der Waals surface area (Å²) in [6, 6.07) is 0. The fraction of sp³-hybridized carbons (Fsp3) is 1.00. The predicted octanol–water partition coefficient (Wildman–Crippen LogP) is -0.791. The normalized spacial score (nSPS) is 11.0. The van der Waals surface area contributed by atoms with E-state index in [0.29, 0.717) is 19.3 Å². The first-order chi connectivity index (χ1) is 5.85. The van der Waals surface area contributed by atoms with E-state index < -0.39 is 0 Å². The van der Waals surface area contributed by atoms with Gasteiger partial charge in [-0.05, 0) is 6.42 Å². The molecule has 12 heavy (non-hydrogen) atoms. The molecule has 0 aromatic carbocycles. The molecule has 0 rings (SSSR count). The first-order valence-corrected chi connectivity index (χ1v) is 4.72. The SMILES string of the molecule is CCCC(NCCN)NCCN. The van der Waals surface area contributed by atoms with E-state index in [1.54, 1.807) is 0 Å². The van der Waals surface area contributed by atoms with E-state index in [2.05, 4.69) is 17.6 Å². The van der Waals surface area contributed by atoms with Gasteiger partial charge in [0.1, 0.15) is 0 Å². The van der Waals surface area contributed by atoms with Crippen LogP contribution < -0.4 is 22.1 Å². The van der Waals surface area contributed by atoms with Crippen LogP contribution in [-0.2, 0) is 0 Å². The summed E-state index contributed by atoms with van der Waals surface area (Å²) in [7, 11) is 0. The van der Waals surface area contributed by atoms with Gasteiger partial charge < -0.3 is 22.1 Å². The third kappa shape index (κ3) is 6.54. The molecule has 0 amide bonds. The fourth-order valence-electron chi connectivity index (χ4n) is 1.08. The van der Waals surface area contributed by atoms with Crippen LogP contribution in [0, 0.1) is 0 Å². The van der Waals surface area contributed by atoms with Gasteiger partial charge in [0, 0.05) is 26.2 Å². The van der Waals surface area contributed by atoms with Gasteiger partial charge in [-0.1, -0.05) is 13.3 Å². The molecule has 0 bridgehead atoms. The van der Waals surface area contributed by atoms with Crippen LogP contribution in [-0.4, -0.2) is 32.3 Å². The van der Waals surface area contributed by atoms with Crippen molar-refractivity contribution in [2.75, 3.05) is 26.2 Å². The monoisotopic (exact) mass is 174 g/mol. The fourth-order valence-corrected chi connectivity index (χ4v) is 1.08. The van der Waals surface area contributed by atoms with E-state index in [-0.39, 0.29) is 0 Å². The van der Waals surface area contributed by atoms with Crippen LogP contribution in [0.1, 0.15) is 19.8 Å². The molecule has 0 atom stereocenters. The zero-order chi connectivity index (χ0) is 9.23. The van der Waals surface area contributed by atoms with Gasteiger partial charge in [-0.25, -0.2) is 0 Å². The Labute approximate surface area is 75.1 Å². The molecule has 0 radical (unpaired) electrons. The Morgan fingerprint density at radius 1 is 1.08 bits per heavy atom. The van der Waals surface area contributed by atoms with Gasteiger partial charge in [-0.2, -0.15) is 0 Å². The van der Waals surface area contributed by atoms with Crippen LogP contribution >= 0.6 is 0 Å². The Bertz CT molecular complexity index is 79.1. The zero-order valence-electron chi connectivity index (χ0n) is 7.97. The third-order valence-electron chi connectivity index (χ3n) is 1.65. The van der Waals surface area contributed by atoms with Gasteiger partial charge in [0.2, 0.25) is 0 Å². The topological polar surface area (TPSA) is 76.1 Å². The highest BCUT2D eigenvalue weighted by molar-refractivity contribution is 4.63. The lowest BCUT2D eigenvalue weighted by atomic mass is 10.2. The Morgan fingerprint density at radius 3 is 1.92 bits per heavy atom. The molecule has 0 aliphatic rings. The smallest absolute Gasteiger partial charge is 0.0572 e. The van der Waals surface area contributed by atoms with Crippen LogP contribution in [0.5, 0.6) is 0 Å². The van der Waals surface area contributed by atoms with E-state index in [1.165, 1.54) is 6.42 Å². The molecule has 0 unspecified atom stereocenters. The Kier molecular flexibility index (Phi) is 8.81. The quantitative estimate of drug-likeness (QED) is 0.364. The second-order valence-corrected chi connectivity index (χ2v) is 2.83. The maximum Gasteiger partial charge on any atom is 0.0572 e. The molecule has 4 nitrogen and oxygen atoms in total. The summed E-state index contributed by atoms with van der Waals surface area (Å²) in [5.74, 6) is 0. The summed E-state index contributed by atoms with van der Waals surface area (Å²) in [5, 5.41) is 6.63. The molecule has 0 spiro atoms. The summed E-state index contributed by atoms with van der Waals surface area (Å²) in [6.45, 7) is 5.26. The van der Waals surface area contributed by atoms with Crippen molar-refractivity contribution in [2.24, 2.45) is 11.5 Å². The average Bonchev–Trinajstić information content (AvgIpc) is 2.10. The minimum Gasteiger partial charge on any atom is -0.329 e. The molecule has 0 aliphatic carbocycles. The molecule has 0 heterocycles. The van der Waals surface area contributed by atoms with E-state index in [9.17, 15) is 0 Å². The maximum atomic E-state index is 5.39. The minimum absolute atomic E-state index is 0.377. The van der Waals surface area contributed by atoms with Crippen molar-refractivity contribution in [3.63, 3.8) is 0 Å².